The van der Waals surface area contributed by atoms with E-state index in [0.29, 0.717) is 36.8 Å². The van der Waals surface area contributed by atoms with E-state index in [0.717, 1.165) is 18.6 Å². The van der Waals surface area contributed by atoms with Crippen LogP contribution in [0.2, 0.25) is 0 Å². The summed E-state index contributed by atoms with van der Waals surface area (Å²) in [6.07, 6.45) is 2.16. The van der Waals surface area contributed by atoms with Crippen LogP contribution in [0.15, 0.2) is 23.4 Å². The van der Waals surface area contributed by atoms with E-state index in [2.05, 4.69) is 31.2 Å². The van der Waals surface area contributed by atoms with Gasteiger partial charge in [-0.1, -0.05) is 25.9 Å². The molecule has 1 aromatic rings. The van der Waals surface area contributed by atoms with Gasteiger partial charge in [0.05, 0.1) is 11.1 Å². The van der Waals surface area contributed by atoms with E-state index in [1.165, 1.54) is 0 Å². The van der Waals surface area contributed by atoms with Gasteiger partial charge in [0.15, 0.2) is 11.5 Å². The highest BCUT2D eigenvalue weighted by molar-refractivity contribution is 6.06. The minimum Gasteiger partial charge on any atom is -0.486 e. The van der Waals surface area contributed by atoms with Crippen LogP contribution in [0.4, 0.5) is 5.69 Å². The van der Waals surface area contributed by atoms with Crippen LogP contribution in [0, 0.1) is 16.2 Å². The average molecular weight is 344 g/mol. The predicted octanol–water partition coefficient (Wildman–Crippen LogP) is 3.44. The maximum Gasteiger partial charge on any atom is 0.231 e. The summed E-state index contributed by atoms with van der Waals surface area (Å²) < 4.78 is 11.1. The Bertz CT molecular complexity index is 773. The number of fused-ring (bicyclic) bond motifs is 3. The Morgan fingerprint density at radius 1 is 1.16 bits per heavy atom. The molecular weight excluding hydrogens is 320 g/mol. The molecule has 0 radical (unpaired) electrons. The Kier molecular flexibility index (Phi) is 3.33. The molecule has 1 amide bonds. The van der Waals surface area contributed by atoms with Gasteiger partial charge in [-0.2, -0.15) is 0 Å². The minimum absolute atomic E-state index is 0.0171. The zero-order valence-corrected chi connectivity index (χ0v) is 14.9. The number of hydrogen-bond donors (Lipinski definition) is 2. The molecule has 6 heteroatoms. The van der Waals surface area contributed by atoms with Crippen LogP contribution in [0.3, 0.4) is 0 Å². The molecule has 1 aromatic carbocycles. The lowest BCUT2D eigenvalue weighted by atomic mass is 9.64. The van der Waals surface area contributed by atoms with E-state index < -0.39 is 5.41 Å². The number of nitrogens with one attached hydrogen (secondary N) is 1. The largest absolute Gasteiger partial charge is 0.486 e. The zero-order chi connectivity index (χ0) is 17.9. The van der Waals surface area contributed by atoms with Gasteiger partial charge in [-0.05, 0) is 30.4 Å². The van der Waals surface area contributed by atoms with Crippen molar-refractivity contribution in [2.75, 3.05) is 18.5 Å². The fourth-order valence-corrected chi connectivity index (χ4v) is 4.91. The van der Waals surface area contributed by atoms with Crippen molar-refractivity contribution in [3.8, 4) is 11.5 Å². The van der Waals surface area contributed by atoms with Crippen molar-refractivity contribution in [3.63, 3.8) is 0 Å². The summed E-state index contributed by atoms with van der Waals surface area (Å²) in [7, 11) is 0. The molecule has 2 bridgehead atoms. The number of amides is 1. The summed E-state index contributed by atoms with van der Waals surface area (Å²) in [4.78, 5) is 13.3. The highest BCUT2D eigenvalue weighted by Gasteiger charge is 2.71. The number of anilines is 1. The molecule has 0 saturated heterocycles. The van der Waals surface area contributed by atoms with Gasteiger partial charge >= 0.3 is 0 Å². The molecule has 2 unspecified atom stereocenters. The van der Waals surface area contributed by atoms with Gasteiger partial charge in [-0.3, -0.25) is 4.79 Å². The summed E-state index contributed by atoms with van der Waals surface area (Å²) in [6, 6.07) is 5.46. The number of hydrogen-bond acceptors (Lipinski definition) is 5. The first kappa shape index (κ1) is 16.2. The Labute approximate surface area is 147 Å². The predicted molar refractivity (Wildman–Crippen MR) is 93.5 cm³/mol. The Morgan fingerprint density at radius 3 is 2.56 bits per heavy atom. The first-order chi connectivity index (χ1) is 11.8. The fourth-order valence-electron chi connectivity index (χ4n) is 4.91. The normalized spacial score (nSPS) is 33.5. The van der Waals surface area contributed by atoms with Crippen LogP contribution in [0.1, 0.15) is 40.0 Å². The van der Waals surface area contributed by atoms with Crippen molar-refractivity contribution in [2.24, 2.45) is 21.4 Å². The number of ether oxygens (including phenoxy) is 2. The summed E-state index contributed by atoms with van der Waals surface area (Å²) >= 11 is 0. The van der Waals surface area contributed by atoms with E-state index in [4.69, 9.17) is 9.47 Å². The molecule has 0 spiro atoms. The molecule has 6 nitrogen and oxygen atoms in total. The second-order valence-electron chi connectivity index (χ2n) is 8.08. The van der Waals surface area contributed by atoms with E-state index in [1.807, 2.05) is 12.1 Å². The molecular formula is C19H24N2O4. The topological polar surface area (TPSA) is 80.2 Å². The van der Waals surface area contributed by atoms with Gasteiger partial charge in [0.1, 0.15) is 13.2 Å². The van der Waals surface area contributed by atoms with Gasteiger partial charge in [-0.25, -0.2) is 0 Å². The Morgan fingerprint density at radius 2 is 1.88 bits per heavy atom. The Balaban J connectivity index is 1.63. The third-order valence-electron chi connectivity index (χ3n) is 7.09. The van der Waals surface area contributed by atoms with Gasteiger partial charge in [0.25, 0.3) is 0 Å². The van der Waals surface area contributed by atoms with Gasteiger partial charge in [-0.15, -0.1) is 0 Å². The van der Waals surface area contributed by atoms with Crippen LogP contribution in [-0.4, -0.2) is 30.0 Å². The van der Waals surface area contributed by atoms with Crippen LogP contribution in [0.5, 0.6) is 11.5 Å². The molecule has 0 aromatic heterocycles. The molecule has 134 valence electrons. The lowest BCUT2D eigenvalue weighted by Crippen LogP contribution is -2.43. The highest BCUT2D eigenvalue weighted by atomic mass is 16.6. The molecule has 1 heterocycles. The smallest absolute Gasteiger partial charge is 0.231 e. The number of carbonyl (C=O) groups is 1. The van der Waals surface area contributed by atoms with Crippen molar-refractivity contribution in [1.82, 2.24) is 0 Å². The van der Waals surface area contributed by atoms with Crippen LogP contribution in [-0.2, 0) is 4.79 Å². The molecule has 2 fully saturated rings. The zero-order valence-electron chi connectivity index (χ0n) is 14.9. The molecule has 2 N–H and O–H groups in total. The highest BCUT2D eigenvalue weighted by Crippen LogP contribution is 2.71. The minimum atomic E-state index is -0.559. The third-order valence-corrected chi connectivity index (χ3v) is 7.09. The fraction of sp³-hybridized carbons (Fsp3) is 0.579. The van der Waals surface area contributed by atoms with Crippen LogP contribution in [0.25, 0.3) is 0 Å². The van der Waals surface area contributed by atoms with Gasteiger partial charge < -0.3 is 20.0 Å². The lowest BCUT2D eigenvalue weighted by molar-refractivity contribution is -0.130. The first-order valence-electron chi connectivity index (χ1n) is 8.77. The second-order valence-corrected chi connectivity index (χ2v) is 8.08. The van der Waals surface area contributed by atoms with E-state index in [9.17, 15) is 10.0 Å². The second kappa shape index (κ2) is 5.13. The molecule has 2 atom stereocenters. The van der Waals surface area contributed by atoms with E-state index in [1.54, 1.807) is 6.07 Å². The van der Waals surface area contributed by atoms with Crippen molar-refractivity contribution < 1.29 is 19.5 Å². The monoisotopic (exact) mass is 344 g/mol. The summed E-state index contributed by atoms with van der Waals surface area (Å²) in [5.41, 5.74) is 0.352. The number of benzene rings is 1. The summed E-state index contributed by atoms with van der Waals surface area (Å²) in [6.45, 7) is 7.38. The molecule has 3 aliphatic rings. The molecule has 2 saturated carbocycles. The molecule has 25 heavy (non-hydrogen) atoms. The third kappa shape index (κ3) is 1.96. The van der Waals surface area contributed by atoms with Crippen molar-refractivity contribution >= 4 is 17.3 Å². The molecule has 1 aliphatic heterocycles. The average Bonchev–Trinajstić information content (AvgIpc) is 2.91. The van der Waals surface area contributed by atoms with E-state index >= 15 is 0 Å². The number of rotatable bonds is 2. The molecule has 2 aliphatic carbocycles. The standard InChI is InChI=1S/C19H24N2O4/c1-17(2)18(3)6-7-19(17,11-15(18)21-23)16(22)20-12-4-5-13-14(10-12)25-9-8-24-13/h4-5,10,23H,6-9,11H2,1-3H3,(H,20,22)/b21-15+. The number of carbonyl (C=O) groups excluding carboxylic acids is 1. The van der Waals surface area contributed by atoms with Gasteiger partial charge in [0, 0.05) is 23.6 Å². The maximum absolute atomic E-state index is 13.3. The Hall–Kier alpha value is -2.24. The number of oxime groups is 1. The summed E-state index contributed by atoms with van der Waals surface area (Å²) in [5.74, 6) is 1.34. The summed E-state index contributed by atoms with van der Waals surface area (Å²) in [5, 5.41) is 16.0. The lowest BCUT2D eigenvalue weighted by Gasteiger charge is -2.39. The van der Waals surface area contributed by atoms with Crippen LogP contribution >= 0.6 is 0 Å². The SMILES string of the molecule is CC12CCC(C(=O)Nc3ccc4c(c3)OCCO4)(C/C1=N\O)C2(C)C. The molecule has 4 rings (SSSR count). The van der Waals surface area contributed by atoms with Gasteiger partial charge in [0.2, 0.25) is 5.91 Å². The first-order valence-corrected chi connectivity index (χ1v) is 8.77. The number of nitrogens with zero attached hydrogens (tertiary/aromatic N) is 1. The van der Waals surface area contributed by atoms with Crippen molar-refractivity contribution in [3.05, 3.63) is 18.2 Å². The quantitative estimate of drug-likeness (QED) is 0.636. The van der Waals surface area contributed by atoms with Crippen molar-refractivity contribution in [1.29, 1.82) is 0 Å². The maximum atomic E-state index is 13.3. The van der Waals surface area contributed by atoms with E-state index in [-0.39, 0.29) is 16.7 Å². The van der Waals surface area contributed by atoms with Crippen molar-refractivity contribution in [2.45, 2.75) is 40.0 Å². The van der Waals surface area contributed by atoms with Crippen LogP contribution < -0.4 is 14.8 Å².